The van der Waals surface area contributed by atoms with Crippen molar-refractivity contribution >= 4 is 33.7 Å². The van der Waals surface area contributed by atoms with Crippen molar-refractivity contribution in [3.8, 4) is 0 Å². The second kappa shape index (κ2) is 8.07. The number of carboxylic acid groups (broad SMARTS) is 2. The van der Waals surface area contributed by atoms with E-state index in [-0.39, 0.29) is 59.1 Å². The Morgan fingerprint density at radius 3 is 2.20 bits per heavy atom. The molecule has 13 heteroatoms. The third-order valence-corrected chi connectivity index (χ3v) is 6.57. The molecule has 25 heavy (non-hydrogen) atoms. The van der Waals surface area contributed by atoms with E-state index in [0.717, 1.165) is 13.8 Å². The zero-order chi connectivity index (χ0) is 17.7. The topological polar surface area (TPSA) is 161 Å². The maximum atomic E-state index is 12.6. The van der Waals surface area contributed by atoms with Crippen molar-refractivity contribution in [2.75, 3.05) is 6.61 Å². The van der Waals surface area contributed by atoms with Crippen molar-refractivity contribution < 1.29 is 102 Å². The number of β-lactam (4-membered cyclic amide) rings is 1. The molecule has 0 aliphatic carbocycles. The number of hydrogen-bond acceptors (Lipinski definition) is 9. The minimum Gasteiger partial charge on any atom is -0.548 e. The van der Waals surface area contributed by atoms with Gasteiger partial charge in [0, 0.05) is 6.92 Å². The predicted octanol–water partition coefficient (Wildman–Crippen LogP) is -10.3. The molecule has 126 valence electrons. The monoisotopic (exact) mass is 391 g/mol. The van der Waals surface area contributed by atoms with Crippen LogP contribution in [0.5, 0.6) is 0 Å². The number of carbonyl (C=O) groups is 4. The summed E-state index contributed by atoms with van der Waals surface area (Å²) in [6, 6.07) is -1.91. The molecule has 2 heterocycles. The summed E-state index contributed by atoms with van der Waals surface area (Å²) < 4.78 is 27.7. The summed E-state index contributed by atoms with van der Waals surface area (Å²) in [4.78, 5) is 45.3. The van der Waals surface area contributed by atoms with Gasteiger partial charge in [-0.05, 0) is 13.0 Å². The van der Waals surface area contributed by atoms with Gasteiger partial charge in [-0.15, -0.1) is 0 Å². The number of aliphatic carboxylic acids is 2. The Hall–Kier alpha value is -0.430. The van der Waals surface area contributed by atoms with Crippen LogP contribution in [0.1, 0.15) is 13.8 Å². The molecule has 2 saturated heterocycles. The Balaban J connectivity index is 0.00000288. The number of fused-ring (bicyclic) bond motifs is 1. The van der Waals surface area contributed by atoms with Gasteiger partial charge in [0.15, 0.2) is 15.2 Å². The fourth-order valence-corrected chi connectivity index (χ4v) is 5.02. The molecule has 0 saturated carbocycles. The third-order valence-electron chi connectivity index (χ3n) is 3.86. The van der Waals surface area contributed by atoms with Gasteiger partial charge >= 0.3 is 65.1 Å². The molecule has 3 atom stereocenters. The van der Waals surface area contributed by atoms with Gasteiger partial charge in [-0.1, -0.05) is 0 Å². The average Bonchev–Trinajstić information content (AvgIpc) is 2.57. The van der Waals surface area contributed by atoms with Gasteiger partial charge in [0.1, 0.15) is 11.4 Å². The van der Waals surface area contributed by atoms with Crippen molar-refractivity contribution in [1.29, 1.82) is 0 Å². The quantitative estimate of drug-likeness (QED) is 0.196. The molecule has 2 aliphatic rings. The van der Waals surface area contributed by atoms with E-state index in [4.69, 9.17) is 0 Å². The number of carboxylic acids is 2. The molecular weight excluding hydrogens is 380 g/mol. The van der Waals surface area contributed by atoms with Gasteiger partial charge in [0.2, 0.25) is 0 Å². The van der Waals surface area contributed by atoms with Crippen LogP contribution in [0.15, 0.2) is 11.6 Å². The molecule has 0 aromatic heterocycles. The number of hydrogen-bond donors (Lipinski definition) is 0. The van der Waals surface area contributed by atoms with Gasteiger partial charge in [-0.3, -0.25) is 9.59 Å². The van der Waals surface area contributed by atoms with E-state index in [1.165, 1.54) is 0 Å². The van der Waals surface area contributed by atoms with E-state index < -0.39 is 62.0 Å². The maximum Gasteiger partial charge on any atom is 1.00 e. The average molecular weight is 391 g/mol. The Labute approximate surface area is 187 Å². The molecule has 1 unspecified atom stereocenters. The summed E-state index contributed by atoms with van der Waals surface area (Å²) in [5, 5.41) is 20.2. The molecule has 0 radical (unpaired) electrons. The van der Waals surface area contributed by atoms with Crippen molar-refractivity contribution in [3.05, 3.63) is 11.6 Å². The number of amides is 1. The summed E-state index contributed by atoms with van der Waals surface area (Å²) in [7, 11) is -4.40. The fourth-order valence-electron chi connectivity index (χ4n) is 2.75. The Bertz CT molecular complexity index is 763. The second-order valence-electron chi connectivity index (χ2n) is 5.34. The van der Waals surface area contributed by atoms with Crippen molar-refractivity contribution in [2.24, 2.45) is 0 Å². The van der Waals surface area contributed by atoms with Crippen LogP contribution in [0.3, 0.4) is 0 Å². The van der Waals surface area contributed by atoms with Crippen LogP contribution in [-0.2, 0) is 33.8 Å². The minimum atomic E-state index is -4.40. The smallest absolute Gasteiger partial charge is 0.548 e. The van der Waals surface area contributed by atoms with Crippen LogP contribution in [0.2, 0.25) is 0 Å². The van der Waals surface area contributed by atoms with Crippen molar-refractivity contribution in [1.82, 2.24) is 4.90 Å². The summed E-state index contributed by atoms with van der Waals surface area (Å²) in [6.45, 7) is 1.18. The number of ether oxygens (including phenoxy) is 1. The Kier molecular flexibility index (Phi) is 7.93. The van der Waals surface area contributed by atoms with Gasteiger partial charge in [-0.2, -0.15) is 0 Å². The van der Waals surface area contributed by atoms with E-state index in [1.807, 2.05) is 0 Å². The normalized spacial score (nSPS) is 30.4. The molecule has 0 bridgehead atoms. The second-order valence-corrected chi connectivity index (χ2v) is 7.81. The van der Waals surface area contributed by atoms with Crippen molar-refractivity contribution in [3.63, 3.8) is 0 Å². The third kappa shape index (κ3) is 3.68. The molecule has 1 amide bonds. The molecule has 2 fully saturated rings. The van der Waals surface area contributed by atoms with Gasteiger partial charge in [0.05, 0.1) is 23.6 Å². The summed E-state index contributed by atoms with van der Waals surface area (Å²) in [6.07, 6.45) is 0.310. The number of sulfone groups is 1. The Morgan fingerprint density at radius 1 is 1.28 bits per heavy atom. The standard InChI is InChI=1S/C12H13NO9S.2Na/c1-5(14)22-4-12(2)8(11(18)19)13-9(17)6(3-7(15)16)10(13)23(12,20)21;;/h3,8,10H,4H2,1-2H3,(H,15,16)(H,18,19);;/q;2*+1/p-2/b6-3-;;/t8-,10?,12-;;/m0../s1. The van der Waals surface area contributed by atoms with Crippen LogP contribution in [0.4, 0.5) is 0 Å². The van der Waals surface area contributed by atoms with Crippen LogP contribution in [-0.4, -0.2) is 59.9 Å². The first-order chi connectivity index (χ1) is 10.4. The van der Waals surface area contributed by atoms with E-state index >= 15 is 0 Å². The first kappa shape index (κ1) is 24.6. The molecule has 10 nitrogen and oxygen atoms in total. The van der Waals surface area contributed by atoms with E-state index in [9.17, 15) is 37.8 Å². The molecule has 0 aromatic rings. The minimum absolute atomic E-state index is 0. The van der Waals surface area contributed by atoms with E-state index in [2.05, 4.69) is 4.74 Å². The van der Waals surface area contributed by atoms with E-state index in [1.54, 1.807) is 0 Å². The number of esters is 1. The van der Waals surface area contributed by atoms with Crippen LogP contribution < -0.4 is 69.3 Å². The zero-order valence-corrected chi connectivity index (χ0v) is 18.8. The predicted molar refractivity (Wildman–Crippen MR) is 66.5 cm³/mol. The van der Waals surface area contributed by atoms with Crippen LogP contribution in [0, 0.1) is 0 Å². The zero-order valence-electron chi connectivity index (χ0n) is 14.0. The molecule has 0 aromatic carbocycles. The van der Waals surface area contributed by atoms with E-state index in [0.29, 0.717) is 11.0 Å². The summed E-state index contributed by atoms with van der Waals surface area (Å²) >= 11 is 0. The van der Waals surface area contributed by atoms with Crippen molar-refractivity contribution in [2.45, 2.75) is 30.0 Å². The van der Waals surface area contributed by atoms with Gasteiger partial charge in [0.25, 0.3) is 5.91 Å². The molecular formula is C12H11NNa2O9S. The first-order valence-corrected chi connectivity index (χ1v) is 7.82. The summed E-state index contributed by atoms with van der Waals surface area (Å²) in [5.41, 5.74) is -0.609. The fraction of sp³-hybridized carbons (Fsp3) is 0.500. The molecule has 2 rings (SSSR count). The first-order valence-electron chi connectivity index (χ1n) is 6.28. The maximum absolute atomic E-state index is 12.6. The number of rotatable bonds is 4. The summed E-state index contributed by atoms with van der Waals surface area (Å²) in [5.74, 6) is -5.55. The number of nitrogens with zero attached hydrogens (tertiary/aromatic N) is 1. The largest absolute Gasteiger partial charge is 1.00 e. The molecule has 0 N–H and O–H groups in total. The van der Waals surface area contributed by atoms with Gasteiger partial charge < -0.3 is 29.4 Å². The molecule has 2 aliphatic heterocycles. The van der Waals surface area contributed by atoms with Crippen LogP contribution in [0.25, 0.3) is 0 Å². The number of carbonyl (C=O) groups excluding carboxylic acids is 4. The SMILES string of the molecule is CC(=O)OC[C@@]1(C)[C@H](C(=O)[O-])N2C(=O)/C(=C/C(=O)[O-])C2S1(=O)=O.[Na+].[Na+]. The Morgan fingerprint density at radius 2 is 1.80 bits per heavy atom. The van der Waals surface area contributed by atoms with Gasteiger partial charge in [-0.25, -0.2) is 8.42 Å². The molecule has 0 spiro atoms. The van der Waals surface area contributed by atoms with Crippen LogP contribution >= 0.6 is 0 Å².